The number of fused-ring (bicyclic) bond motifs is 1. The summed E-state index contributed by atoms with van der Waals surface area (Å²) >= 11 is 0. The Bertz CT molecular complexity index is 887. The maximum Gasteiger partial charge on any atom is 0.246 e. The van der Waals surface area contributed by atoms with Crippen LogP contribution in [0, 0.1) is 0 Å². The first-order chi connectivity index (χ1) is 13.2. The Morgan fingerprint density at radius 1 is 1.22 bits per heavy atom. The fourth-order valence-electron chi connectivity index (χ4n) is 3.78. The van der Waals surface area contributed by atoms with Crippen LogP contribution in [0.4, 0.5) is 0 Å². The summed E-state index contributed by atoms with van der Waals surface area (Å²) in [6.07, 6.45) is 10.0. The quantitative estimate of drug-likeness (QED) is 0.779. The van der Waals surface area contributed by atoms with Crippen molar-refractivity contribution in [1.29, 1.82) is 0 Å². The number of aromatic nitrogens is 1. The van der Waals surface area contributed by atoms with Gasteiger partial charge < -0.3 is 9.64 Å². The molecule has 2 aromatic rings. The molecule has 2 aliphatic rings. The zero-order valence-electron chi connectivity index (χ0n) is 15.1. The van der Waals surface area contributed by atoms with Gasteiger partial charge in [0.25, 0.3) is 0 Å². The monoisotopic (exact) mass is 358 g/mol. The van der Waals surface area contributed by atoms with Crippen LogP contribution in [0.3, 0.4) is 0 Å². The van der Waals surface area contributed by atoms with Crippen LogP contribution in [0.2, 0.25) is 0 Å². The second-order valence-corrected chi connectivity index (χ2v) is 6.82. The number of pyridine rings is 1. The highest BCUT2D eigenvalue weighted by molar-refractivity contribution is 5.87. The predicted molar refractivity (Wildman–Crippen MR) is 105 cm³/mol. The Morgan fingerprint density at radius 3 is 2.81 bits per heavy atom. The van der Waals surface area contributed by atoms with Crippen LogP contribution in [0.25, 0.3) is 0 Å². The number of rotatable bonds is 4. The summed E-state index contributed by atoms with van der Waals surface area (Å²) in [5.41, 5.74) is 3.67. The molecule has 1 aliphatic heterocycles. The Kier molecular flexibility index (Phi) is 4.88. The van der Waals surface area contributed by atoms with E-state index in [1.807, 2.05) is 35.2 Å². The van der Waals surface area contributed by atoms with Crippen molar-refractivity contribution in [3.8, 4) is 5.75 Å². The largest absolute Gasteiger partial charge is 0.484 e. The summed E-state index contributed by atoms with van der Waals surface area (Å²) in [7, 11) is 0. The van der Waals surface area contributed by atoms with E-state index in [0.717, 1.165) is 12.2 Å². The summed E-state index contributed by atoms with van der Waals surface area (Å²) in [5.74, 6) is 0.881. The van der Waals surface area contributed by atoms with Gasteiger partial charge in [0.1, 0.15) is 11.9 Å². The molecular weight excluding hydrogens is 336 g/mol. The number of hydrogen-bond acceptors (Lipinski definition) is 3. The van der Waals surface area contributed by atoms with Gasteiger partial charge in [-0.1, -0.05) is 43.0 Å². The molecule has 0 bridgehead atoms. The van der Waals surface area contributed by atoms with Crippen molar-refractivity contribution in [2.45, 2.75) is 18.4 Å². The molecule has 1 aromatic carbocycles. The molecular formula is C23H22N2O2. The van der Waals surface area contributed by atoms with E-state index in [9.17, 15) is 4.79 Å². The first-order valence-corrected chi connectivity index (χ1v) is 9.18. The van der Waals surface area contributed by atoms with Crippen LogP contribution >= 0.6 is 0 Å². The third-order valence-corrected chi connectivity index (χ3v) is 5.08. The van der Waals surface area contributed by atoms with Crippen molar-refractivity contribution in [2.24, 2.45) is 0 Å². The fourth-order valence-corrected chi connectivity index (χ4v) is 3.78. The highest BCUT2D eigenvalue weighted by Gasteiger charge is 2.33. The molecule has 0 saturated carbocycles. The van der Waals surface area contributed by atoms with Gasteiger partial charge in [0.2, 0.25) is 5.91 Å². The molecule has 1 saturated heterocycles. The van der Waals surface area contributed by atoms with Crippen molar-refractivity contribution in [3.05, 3.63) is 96.4 Å². The van der Waals surface area contributed by atoms with Crippen molar-refractivity contribution < 1.29 is 9.53 Å². The van der Waals surface area contributed by atoms with Gasteiger partial charge in [-0.15, -0.1) is 0 Å². The van der Waals surface area contributed by atoms with Crippen LogP contribution in [-0.2, 0) is 4.79 Å². The summed E-state index contributed by atoms with van der Waals surface area (Å²) in [6.45, 7) is 4.92. The molecule has 2 atom stereocenters. The lowest BCUT2D eigenvalue weighted by atomic mass is 9.79. The highest BCUT2D eigenvalue weighted by atomic mass is 16.5. The lowest BCUT2D eigenvalue weighted by Crippen LogP contribution is -2.41. The smallest absolute Gasteiger partial charge is 0.246 e. The molecule has 1 amide bonds. The minimum atomic E-state index is -0.0270. The van der Waals surface area contributed by atoms with Crippen LogP contribution in [0.1, 0.15) is 17.9 Å². The lowest BCUT2D eigenvalue weighted by molar-refractivity contribution is -0.126. The van der Waals surface area contributed by atoms with Crippen LogP contribution in [0.5, 0.6) is 5.75 Å². The Labute approximate surface area is 159 Å². The molecule has 1 unspecified atom stereocenters. The topological polar surface area (TPSA) is 42.4 Å². The molecule has 1 aliphatic carbocycles. The van der Waals surface area contributed by atoms with Gasteiger partial charge in [-0.3, -0.25) is 9.78 Å². The van der Waals surface area contributed by atoms with Crippen LogP contribution in [0.15, 0.2) is 90.8 Å². The number of carbonyl (C=O) groups excluding carboxylic acids is 1. The van der Waals surface area contributed by atoms with Crippen molar-refractivity contribution in [2.75, 3.05) is 13.1 Å². The third-order valence-electron chi connectivity index (χ3n) is 5.08. The fraction of sp³-hybridized carbons (Fsp3) is 0.217. The summed E-state index contributed by atoms with van der Waals surface area (Å²) < 4.78 is 6.10. The summed E-state index contributed by atoms with van der Waals surface area (Å²) in [4.78, 5) is 18.2. The third kappa shape index (κ3) is 3.70. The van der Waals surface area contributed by atoms with Gasteiger partial charge in [-0.05, 0) is 41.0 Å². The molecule has 0 spiro atoms. The highest BCUT2D eigenvalue weighted by Crippen LogP contribution is 2.38. The zero-order valence-corrected chi connectivity index (χ0v) is 15.1. The average Bonchev–Trinajstić information content (AvgIpc) is 2.74. The number of carbonyl (C=O) groups is 1. The number of benzene rings is 1. The van der Waals surface area contributed by atoms with Crippen LogP contribution < -0.4 is 4.74 Å². The van der Waals surface area contributed by atoms with Gasteiger partial charge in [0.05, 0.1) is 6.20 Å². The average molecular weight is 358 g/mol. The normalized spacial score (nSPS) is 21.6. The number of amides is 1. The molecule has 4 heteroatoms. The minimum absolute atomic E-state index is 0.0235. The van der Waals surface area contributed by atoms with Gasteiger partial charge >= 0.3 is 0 Å². The first-order valence-electron chi connectivity index (χ1n) is 9.18. The number of nitrogens with zero attached hydrogens (tertiary/aromatic N) is 2. The van der Waals surface area contributed by atoms with E-state index in [0.29, 0.717) is 13.1 Å². The van der Waals surface area contributed by atoms with E-state index < -0.39 is 0 Å². The lowest BCUT2D eigenvalue weighted by Gasteiger charge is -2.38. The zero-order chi connectivity index (χ0) is 18.6. The van der Waals surface area contributed by atoms with Crippen molar-refractivity contribution in [3.63, 3.8) is 0 Å². The van der Waals surface area contributed by atoms with E-state index in [1.165, 1.54) is 22.8 Å². The molecule has 4 nitrogen and oxygen atoms in total. The molecule has 0 N–H and O–H groups in total. The summed E-state index contributed by atoms with van der Waals surface area (Å²) in [5, 5.41) is 0. The van der Waals surface area contributed by atoms with Crippen LogP contribution in [-0.4, -0.2) is 35.0 Å². The Morgan fingerprint density at radius 2 is 2.07 bits per heavy atom. The molecule has 0 radical (unpaired) electrons. The predicted octanol–water partition coefficient (Wildman–Crippen LogP) is 3.90. The maximum absolute atomic E-state index is 12.3. The van der Waals surface area contributed by atoms with Crippen molar-refractivity contribution in [1.82, 2.24) is 9.88 Å². The van der Waals surface area contributed by atoms with E-state index in [1.54, 1.807) is 12.4 Å². The Hall–Kier alpha value is -3.14. The molecule has 2 heterocycles. The number of hydrogen-bond donors (Lipinski definition) is 0. The van der Waals surface area contributed by atoms with E-state index >= 15 is 0 Å². The van der Waals surface area contributed by atoms with Gasteiger partial charge in [-0.2, -0.15) is 0 Å². The SMILES string of the molecule is C=CC(=O)N1CC2=CCC(Oc3cccnc3)C=C2[C@H](c2ccccc2)C1. The number of piperidine rings is 1. The second-order valence-electron chi connectivity index (χ2n) is 6.82. The maximum atomic E-state index is 12.3. The molecule has 27 heavy (non-hydrogen) atoms. The minimum Gasteiger partial charge on any atom is -0.484 e. The molecule has 1 aromatic heterocycles. The molecule has 4 rings (SSSR count). The van der Waals surface area contributed by atoms with Crippen molar-refractivity contribution >= 4 is 5.91 Å². The molecule has 1 fully saturated rings. The van der Waals surface area contributed by atoms with E-state index in [4.69, 9.17) is 4.74 Å². The standard InChI is InChI=1S/C23H22N2O2/c1-2-23(26)25-15-18-10-11-19(27-20-9-6-12-24-14-20)13-21(18)22(16-25)17-7-4-3-5-8-17/h2-10,12-14,19,22H,1,11,15-16H2/t19?,22-/m0/s1. The first kappa shape index (κ1) is 17.3. The van der Waals surface area contributed by atoms with Gasteiger partial charge in [0, 0.05) is 31.6 Å². The van der Waals surface area contributed by atoms with E-state index in [-0.39, 0.29) is 17.9 Å². The second kappa shape index (κ2) is 7.62. The molecule has 136 valence electrons. The summed E-state index contributed by atoms with van der Waals surface area (Å²) in [6, 6.07) is 14.1. The number of likely N-dealkylation sites (tertiary alicyclic amines) is 1. The van der Waals surface area contributed by atoms with Gasteiger partial charge in [-0.25, -0.2) is 0 Å². The number of ether oxygens (including phenoxy) is 1. The van der Waals surface area contributed by atoms with E-state index in [2.05, 4.69) is 35.8 Å². The van der Waals surface area contributed by atoms with Gasteiger partial charge in [0.15, 0.2) is 0 Å². The Balaban J connectivity index is 1.64.